The van der Waals surface area contributed by atoms with E-state index in [4.69, 9.17) is 9.47 Å². The van der Waals surface area contributed by atoms with Crippen LogP contribution in [0.3, 0.4) is 0 Å². The molecule has 0 aromatic heterocycles. The molecule has 110 valence electrons. The average molecular weight is 283 g/mol. The molecule has 0 saturated heterocycles. The van der Waals surface area contributed by atoms with E-state index in [-0.39, 0.29) is 6.04 Å². The Morgan fingerprint density at radius 1 is 1.24 bits per heavy atom. The Balaban J connectivity index is 1.87. The summed E-state index contributed by atoms with van der Waals surface area (Å²) in [5, 5.41) is 3.41. The third-order valence-corrected chi connectivity index (χ3v) is 4.04. The Hall–Kier alpha value is -2.00. The van der Waals surface area contributed by atoms with Gasteiger partial charge in [0.2, 0.25) is 0 Å². The zero-order valence-corrected chi connectivity index (χ0v) is 12.6. The van der Waals surface area contributed by atoms with Crippen LogP contribution in [0, 0.1) is 0 Å². The standard InChI is InChI=1S/C18H21NO2/c1-19-17(12-13-5-3-7-15(11-13)20-2)16-8-4-6-14-9-10-21-18(14)16/h3-8,11,17,19H,9-10,12H2,1-2H3. The van der Waals surface area contributed by atoms with Gasteiger partial charge in [0.05, 0.1) is 13.7 Å². The number of hydrogen-bond donors (Lipinski definition) is 1. The van der Waals surface area contributed by atoms with Crippen molar-refractivity contribution < 1.29 is 9.47 Å². The molecule has 3 heteroatoms. The van der Waals surface area contributed by atoms with E-state index in [0.29, 0.717) is 0 Å². The van der Waals surface area contributed by atoms with E-state index in [2.05, 4.69) is 35.6 Å². The number of fused-ring (bicyclic) bond motifs is 1. The van der Waals surface area contributed by atoms with Crippen molar-refractivity contribution in [2.45, 2.75) is 18.9 Å². The van der Waals surface area contributed by atoms with Crippen LogP contribution >= 0.6 is 0 Å². The third kappa shape index (κ3) is 2.88. The van der Waals surface area contributed by atoms with Gasteiger partial charge in [0, 0.05) is 18.0 Å². The lowest BCUT2D eigenvalue weighted by molar-refractivity contribution is 0.349. The van der Waals surface area contributed by atoms with E-state index in [0.717, 1.165) is 30.9 Å². The van der Waals surface area contributed by atoms with Gasteiger partial charge < -0.3 is 14.8 Å². The molecule has 3 nitrogen and oxygen atoms in total. The molecule has 0 amide bonds. The van der Waals surface area contributed by atoms with Crippen molar-refractivity contribution in [1.82, 2.24) is 5.32 Å². The van der Waals surface area contributed by atoms with Gasteiger partial charge in [-0.1, -0.05) is 30.3 Å². The van der Waals surface area contributed by atoms with Gasteiger partial charge in [0.1, 0.15) is 11.5 Å². The lowest BCUT2D eigenvalue weighted by atomic mass is 9.96. The second-order valence-corrected chi connectivity index (χ2v) is 5.33. The number of benzene rings is 2. The minimum atomic E-state index is 0.241. The van der Waals surface area contributed by atoms with Gasteiger partial charge in [-0.25, -0.2) is 0 Å². The van der Waals surface area contributed by atoms with Crippen LogP contribution in [0.2, 0.25) is 0 Å². The zero-order chi connectivity index (χ0) is 14.7. The van der Waals surface area contributed by atoms with E-state index >= 15 is 0 Å². The van der Waals surface area contributed by atoms with E-state index < -0.39 is 0 Å². The van der Waals surface area contributed by atoms with Crippen LogP contribution in [0.25, 0.3) is 0 Å². The number of para-hydroxylation sites is 1. The average Bonchev–Trinajstić information content (AvgIpc) is 3.01. The predicted molar refractivity (Wildman–Crippen MR) is 84.1 cm³/mol. The summed E-state index contributed by atoms with van der Waals surface area (Å²) in [6.07, 6.45) is 1.92. The summed E-state index contributed by atoms with van der Waals surface area (Å²) in [6, 6.07) is 14.9. The van der Waals surface area contributed by atoms with Crippen LogP contribution in [0.1, 0.15) is 22.7 Å². The molecule has 0 aliphatic carbocycles. The van der Waals surface area contributed by atoms with Crippen LogP contribution < -0.4 is 14.8 Å². The largest absolute Gasteiger partial charge is 0.497 e. The Bertz CT molecular complexity index is 624. The molecule has 1 aliphatic rings. The molecule has 2 aromatic carbocycles. The molecule has 1 N–H and O–H groups in total. The van der Waals surface area contributed by atoms with Crippen LogP contribution in [-0.4, -0.2) is 20.8 Å². The maximum atomic E-state index is 5.83. The van der Waals surface area contributed by atoms with Crippen molar-refractivity contribution in [2.24, 2.45) is 0 Å². The van der Waals surface area contributed by atoms with Crippen LogP contribution in [0.4, 0.5) is 0 Å². The van der Waals surface area contributed by atoms with Crippen molar-refractivity contribution in [3.8, 4) is 11.5 Å². The summed E-state index contributed by atoms with van der Waals surface area (Å²) in [7, 11) is 3.70. The Labute approximate surface area is 125 Å². The first-order chi connectivity index (χ1) is 10.3. The van der Waals surface area contributed by atoms with Crippen LogP contribution in [0.5, 0.6) is 11.5 Å². The number of nitrogens with one attached hydrogen (secondary N) is 1. The lowest BCUT2D eigenvalue weighted by Crippen LogP contribution is -2.19. The van der Waals surface area contributed by atoms with E-state index in [1.165, 1.54) is 16.7 Å². The summed E-state index contributed by atoms with van der Waals surface area (Å²) >= 11 is 0. The number of hydrogen-bond acceptors (Lipinski definition) is 3. The molecule has 0 radical (unpaired) electrons. The van der Waals surface area contributed by atoms with Crippen molar-refractivity contribution >= 4 is 0 Å². The quantitative estimate of drug-likeness (QED) is 0.914. The highest BCUT2D eigenvalue weighted by atomic mass is 16.5. The highest BCUT2D eigenvalue weighted by Crippen LogP contribution is 2.34. The normalized spacial score (nSPS) is 14.4. The number of methoxy groups -OCH3 is 1. The Morgan fingerprint density at radius 2 is 2.10 bits per heavy atom. The second kappa shape index (κ2) is 6.19. The van der Waals surface area contributed by atoms with E-state index in [1.54, 1.807) is 7.11 Å². The molecule has 3 rings (SSSR count). The second-order valence-electron chi connectivity index (χ2n) is 5.33. The fraction of sp³-hybridized carbons (Fsp3) is 0.333. The van der Waals surface area contributed by atoms with E-state index in [1.807, 2.05) is 19.2 Å². The fourth-order valence-electron chi connectivity index (χ4n) is 2.92. The predicted octanol–water partition coefficient (Wildman–Crippen LogP) is 3.13. The van der Waals surface area contributed by atoms with Gasteiger partial charge >= 0.3 is 0 Å². The molecule has 1 unspecified atom stereocenters. The maximum Gasteiger partial charge on any atom is 0.127 e. The maximum absolute atomic E-state index is 5.83. The summed E-state index contributed by atoms with van der Waals surface area (Å²) < 4.78 is 11.1. The van der Waals surface area contributed by atoms with Crippen molar-refractivity contribution in [3.05, 3.63) is 59.2 Å². The molecular formula is C18H21NO2. The van der Waals surface area contributed by atoms with Gasteiger partial charge in [0.15, 0.2) is 0 Å². The molecule has 1 atom stereocenters. The summed E-state index contributed by atoms with van der Waals surface area (Å²) in [5.41, 5.74) is 3.82. The molecule has 21 heavy (non-hydrogen) atoms. The van der Waals surface area contributed by atoms with Crippen LogP contribution in [-0.2, 0) is 12.8 Å². The SMILES string of the molecule is CNC(Cc1cccc(OC)c1)c1cccc2c1OCC2. The van der Waals surface area contributed by atoms with Crippen molar-refractivity contribution in [2.75, 3.05) is 20.8 Å². The Morgan fingerprint density at radius 3 is 2.90 bits per heavy atom. The summed E-state index contributed by atoms with van der Waals surface area (Å²) in [4.78, 5) is 0. The first kappa shape index (κ1) is 14.0. The van der Waals surface area contributed by atoms with Gasteiger partial charge in [-0.3, -0.25) is 0 Å². The molecule has 1 heterocycles. The topological polar surface area (TPSA) is 30.5 Å². The smallest absolute Gasteiger partial charge is 0.127 e. The first-order valence-corrected chi connectivity index (χ1v) is 7.36. The van der Waals surface area contributed by atoms with Gasteiger partial charge in [0.25, 0.3) is 0 Å². The van der Waals surface area contributed by atoms with E-state index in [9.17, 15) is 0 Å². The minimum absolute atomic E-state index is 0.241. The summed E-state index contributed by atoms with van der Waals surface area (Å²) in [6.45, 7) is 0.794. The molecule has 0 fully saturated rings. The molecule has 2 aromatic rings. The lowest BCUT2D eigenvalue weighted by Gasteiger charge is -2.19. The Kier molecular flexibility index (Phi) is 4.11. The number of ether oxygens (including phenoxy) is 2. The van der Waals surface area contributed by atoms with Crippen molar-refractivity contribution in [1.29, 1.82) is 0 Å². The monoisotopic (exact) mass is 283 g/mol. The molecule has 0 saturated carbocycles. The first-order valence-electron chi connectivity index (χ1n) is 7.36. The third-order valence-electron chi connectivity index (χ3n) is 4.04. The summed E-state index contributed by atoms with van der Waals surface area (Å²) in [5.74, 6) is 1.97. The molecule has 1 aliphatic heterocycles. The number of likely N-dealkylation sites (N-methyl/N-ethyl adjacent to an activating group) is 1. The van der Waals surface area contributed by atoms with Gasteiger partial charge in [-0.2, -0.15) is 0 Å². The molecule has 0 spiro atoms. The fourth-order valence-corrected chi connectivity index (χ4v) is 2.92. The van der Waals surface area contributed by atoms with Crippen LogP contribution in [0.15, 0.2) is 42.5 Å². The number of rotatable bonds is 5. The zero-order valence-electron chi connectivity index (χ0n) is 12.6. The molecular weight excluding hydrogens is 262 g/mol. The van der Waals surface area contributed by atoms with Gasteiger partial charge in [-0.05, 0) is 36.7 Å². The van der Waals surface area contributed by atoms with Crippen molar-refractivity contribution in [3.63, 3.8) is 0 Å². The highest BCUT2D eigenvalue weighted by Gasteiger charge is 2.21. The highest BCUT2D eigenvalue weighted by molar-refractivity contribution is 5.46. The van der Waals surface area contributed by atoms with Gasteiger partial charge in [-0.15, -0.1) is 0 Å². The molecule has 0 bridgehead atoms. The minimum Gasteiger partial charge on any atom is -0.497 e.